The summed E-state index contributed by atoms with van der Waals surface area (Å²) in [5.41, 5.74) is -0.386. The monoisotopic (exact) mass is 340 g/mol. The molecule has 1 aliphatic carbocycles. The standard InChI is InChI=1S/C17H22F2N2O3/c1-3-16(24-11-6-4-5-7-11)17(23)21-15-9-14(20-10(2)22)12(18)8-13(15)19/h8-9,11,16H,3-7H2,1-2H3,(H,20,22)(H,21,23). The fourth-order valence-corrected chi connectivity index (χ4v) is 2.74. The molecule has 0 radical (unpaired) electrons. The first-order valence-electron chi connectivity index (χ1n) is 8.13. The maximum atomic E-state index is 13.9. The lowest BCUT2D eigenvalue weighted by atomic mass is 10.2. The van der Waals surface area contributed by atoms with Crippen LogP contribution in [0.1, 0.15) is 46.0 Å². The van der Waals surface area contributed by atoms with Crippen molar-refractivity contribution in [2.24, 2.45) is 0 Å². The van der Waals surface area contributed by atoms with Crippen LogP contribution in [-0.4, -0.2) is 24.0 Å². The fourth-order valence-electron chi connectivity index (χ4n) is 2.74. The third kappa shape index (κ3) is 4.74. The second-order valence-electron chi connectivity index (χ2n) is 5.92. The van der Waals surface area contributed by atoms with Gasteiger partial charge in [0.2, 0.25) is 5.91 Å². The number of carbonyl (C=O) groups is 2. The van der Waals surface area contributed by atoms with Crippen molar-refractivity contribution in [2.45, 2.75) is 58.2 Å². The zero-order valence-corrected chi connectivity index (χ0v) is 13.8. The van der Waals surface area contributed by atoms with E-state index in [2.05, 4.69) is 10.6 Å². The molecule has 1 aromatic rings. The van der Waals surface area contributed by atoms with Gasteiger partial charge < -0.3 is 15.4 Å². The van der Waals surface area contributed by atoms with Crippen molar-refractivity contribution >= 4 is 23.2 Å². The molecule has 24 heavy (non-hydrogen) atoms. The quantitative estimate of drug-likeness (QED) is 0.831. The molecule has 2 N–H and O–H groups in total. The van der Waals surface area contributed by atoms with Gasteiger partial charge in [-0.25, -0.2) is 8.78 Å². The van der Waals surface area contributed by atoms with E-state index < -0.39 is 29.6 Å². The zero-order chi connectivity index (χ0) is 17.7. The van der Waals surface area contributed by atoms with Crippen LogP contribution >= 0.6 is 0 Å². The lowest BCUT2D eigenvalue weighted by molar-refractivity contribution is -0.131. The Balaban J connectivity index is 2.09. The van der Waals surface area contributed by atoms with E-state index in [4.69, 9.17) is 4.74 Å². The molecule has 1 unspecified atom stereocenters. The normalized spacial score (nSPS) is 16.0. The summed E-state index contributed by atoms with van der Waals surface area (Å²) in [7, 11) is 0. The molecule has 0 aliphatic heterocycles. The SMILES string of the molecule is CCC(OC1CCCC1)C(=O)Nc1cc(NC(C)=O)c(F)cc1F. The molecule has 1 atom stereocenters. The number of amides is 2. The maximum absolute atomic E-state index is 13.9. The summed E-state index contributed by atoms with van der Waals surface area (Å²) in [6.07, 6.45) is 3.80. The predicted molar refractivity (Wildman–Crippen MR) is 86.7 cm³/mol. The van der Waals surface area contributed by atoms with Crippen LogP contribution in [0.25, 0.3) is 0 Å². The minimum absolute atomic E-state index is 0.0497. The molecular weight excluding hydrogens is 318 g/mol. The topological polar surface area (TPSA) is 67.4 Å². The molecule has 5 nitrogen and oxygen atoms in total. The fraction of sp³-hybridized carbons (Fsp3) is 0.529. The third-order valence-corrected chi connectivity index (χ3v) is 3.95. The van der Waals surface area contributed by atoms with Crippen LogP contribution in [0.4, 0.5) is 20.2 Å². The van der Waals surface area contributed by atoms with E-state index in [1.807, 2.05) is 6.92 Å². The van der Waals surface area contributed by atoms with Gasteiger partial charge in [-0.05, 0) is 25.3 Å². The summed E-state index contributed by atoms with van der Waals surface area (Å²) < 4.78 is 33.3. The number of hydrogen-bond acceptors (Lipinski definition) is 3. The molecule has 0 saturated heterocycles. The van der Waals surface area contributed by atoms with Crippen molar-refractivity contribution in [3.05, 3.63) is 23.8 Å². The molecule has 0 heterocycles. The van der Waals surface area contributed by atoms with Gasteiger partial charge in [0, 0.05) is 13.0 Å². The Labute approximate surface area is 139 Å². The highest BCUT2D eigenvalue weighted by molar-refractivity contribution is 5.95. The average Bonchev–Trinajstić information content (AvgIpc) is 3.02. The van der Waals surface area contributed by atoms with E-state index in [1.165, 1.54) is 6.92 Å². The van der Waals surface area contributed by atoms with Crippen LogP contribution in [-0.2, 0) is 14.3 Å². The number of anilines is 2. The van der Waals surface area contributed by atoms with E-state index in [0.717, 1.165) is 31.7 Å². The van der Waals surface area contributed by atoms with Crippen molar-refractivity contribution in [1.82, 2.24) is 0 Å². The minimum atomic E-state index is -0.911. The van der Waals surface area contributed by atoms with Crippen molar-refractivity contribution < 1.29 is 23.1 Å². The molecule has 1 aromatic carbocycles. The number of ether oxygens (including phenoxy) is 1. The van der Waals surface area contributed by atoms with Gasteiger partial charge in [-0.2, -0.15) is 0 Å². The van der Waals surface area contributed by atoms with Gasteiger partial charge in [0.05, 0.1) is 17.5 Å². The number of rotatable bonds is 6. The largest absolute Gasteiger partial charge is 0.365 e. The Bertz CT molecular complexity index is 616. The Kier molecular flexibility index (Phi) is 6.25. The predicted octanol–water partition coefficient (Wildman–Crippen LogP) is 3.60. The van der Waals surface area contributed by atoms with Crippen LogP contribution in [0.2, 0.25) is 0 Å². The first-order chi connectivity index (χ1) is 11.4. The third-order valence-electron chi connectivity index (χ3n) is 3.95. The van der Waals surface area contributed by atoms with Crippen LogP contribution in [0.5, 0.6) is 0 Å². The molecule has 0 bridgehead atoms. The number of halogens is 2. The lowest BCUT2D eigenvalue weighted by Gasteiger charge is -2.20. The highest BCUT2D eigenvalue weighted by Gasteiger charge is 2.25. The number of benzene rings is 1. The second-order valence-corrected chi connectivity index (χ2v) is 5.92. The Morgan fingerprint density at radius 1 is 1.17 bits per heavy atom. The summed E-state index contributed by atoms with van der Waals surface area (Å²) in [6.45, 7) is 3.02. The van der Waals surface area contributed by atoms with Crippen molar-refractivity contribution in [3.8, 4) is 0 Å². The number of nitrogens with one attached hydrogen (secondary N) is 2. The van der Waals surface area contributed by atoms with Crippen LogP contribution < -0.4 is 10.6 Å². The summed E-state index contributed by atoms with van der Waals surface area (Å²) in [6, 6.07) is 1.69. The van der Waals surface area contributed by atoms with Gasteiger partial charge in [0.25, 0.3) is 5.91 Å². The second kappa shape index (κ2) is 8.19. The van der Waals surface area contributed by atoms with Crippen molar-refractivity contribution in [3.63, 3.8) is 0 Å². The molecule has 0 spiro atoms. The summed E-state index contributed by atoms with van der Waals surface area (Å²) >= 11 is 0. The van der Waals surface area contributed by atoms with Crippen molar-refractivity contribution in [2.75, 3.05) is 10.6 Å². The average molecular weight is 340 g/mol. The van der Waals surface area contributed by atoms with E-state index >= 15 is 0 Å². The summed E-state index contributed by atoms with van der Waals surface area (Å²) in [5.74, 6) is -2.79. The molecule has 2 rings (SSSR count). The Morgan fingerprint density at radius 2 is 1.75 bits per heavy atom. The summed E-state index contributed by atoms with van der Waals surface area (Å²) in [5, 5.41) is 4.67. The van der Waals surface area contributed by atoms with Gasteiger partial charge in [-0.1, -0.05) is 19.8 Å². The van der Waals surface area contributed by atoms with Gasteiger partial charge >= 0.3 is 0 Å². The molecule has 7 heteroatoms. The van der Waals surface area contributed by atoms with Gasteiger partial charge in [-0.3, -0.25) is 9.59 Å². The molecule has 0 aromatic heterocycles. The highest BCUT2D eigenvalue weighted by Crippen LogP contribution is 2.26. The lowest BCUT2D eigenvalue weighted by Crippen LogP contribution is -2.33. The van der Waals surface area contributed by atoms with E-state index in [-0.39, 0.29) is 17.5 Å². The first kappa shape index (κ1) is 18.3. The summed E-state index contributed by atoms with van der Waals surface area (Å²) in [4.78, 5) is 23.4. The van der Waals surface area contributed by atoms with Crippen LogP contribution in [0.3, 0.4) is 0 Å². The van der Waals surface area contributed by atoms with Crippen LogP contribution in [0.15, 0.2) is 12.1 Å². The zero-order valence-electron chi connectivity index (χ0n) is 13.8. The number of hydrogen-bond donors (Lipinski definition) is 2. The smallest absolute Gasteiger partial charge is 0.253 e. The van der Waals surface area contributed by atoms with E-state index in [0.29, 0.717) is 12.5 Å². The van der Waals surface area contributed by atoms with Crippen molar-refractivity contribution in [1.29, 1.82) is 0 Å². The molecular formula is C17H22F2N2O3. The first-order valence-corrected chi connectivity index (χ1v) is 8.13. The molecule has 2 amide bonds. The molecule has 1 saturated carbocycles. The van der Waals surface area contributed by atoms with E-state index in [1.54, 1.807) is 0 Å². The Morgan fingerprint density at radius 3 is 2.29 bits per heavy atom. The highest BCUT2D eigenvalue weighted by atomic mass is 19.1. The minimum Gasteiger partial charge on any atom is -0.365 e. The van der Waals surface area contributed by atoms with Gasteiger partial charge in [0.15, 0.2) is 0 Å². The van der Waals surface area contributed by atoms with Gasteiger partial charge in [0.1, 0.15) is 17.7 Å². The molecule has 1 aliphatic rings. The maximum Gasteiger partial charge on any atom is 0.253 e. The van der Waals surface area contributed by atoms with Gasteiger partial charge in [-0.15, -0.1) is 0 Å². The number of carbonyl (C=O) groups excluding carboxylic acids is 2. The molecule has 132 valence electrons. The van der Waals surface area contributed by atoms with E-state index in [9.17, 15) is 18.4 Å². The molecule has 1 fully saturated rings. The Hall–Kier alpha value is -2.02. The van der Waals surface area contributed by atoms with Crippen LogP contribution in [0, 0.1) is 11.6 Å².